The van der Waals surface area contributed by atoms with Crippen molar-refractivity contribution < 1.29 is 17.9 Å². The lowest BCUT2D eigenvalue weighted by molar-refractivity contribution is 0.103. The molecule has 23 heavy (non-hydrogen) atoms. The van der Waals surface area contributed by atoms with Crippen LogP contribution in [0.1, 0.15) is 15.9 Å². The maximum atomic E-state index is 13.1. The summed E-state index contributed by atoms with van der Waals surface area (Å²) in [4.78, 5) is 12.8. The largest absolute Gasteiger partial charge is 0.495 e. The van der Waals surface area contributed by atoms with Crippen molar-refractivity contribution in [2.45, 2.75) is 29.4 Å². The molecule has 3 rings (SSSR count). The highest BCUT2D eigenvalue weighted by atomic mass is 32.2. The highest BCUT2D eigenvalue weighted by molar-refractivity contribution is 7.92. The predicted octanol–water partition coefficient (Wildman–Crippen LogP) is 2.62. The SMILES string of the molecule is COc1c([Si](C)(C)C)ccc2c1S(=O)(=O)c1ccccc1C2=O. The number of ketones is 1. The Morgan fingerprint density at radius 1 is 0.957 bits per heavy atom. The highest BCUT2D eigenvalue weighted by Crippen LogP contribution is 2.39. The first-order valence-electron chi connectivity index (χ1n) is 7.30. The monoisotopic (exact) mass is 346 g/mol. The van der Waals surface area contributed by atoms with Crippen LogP contribution in [0.3, 0.4) is 0 Å². The van der Waals surface area contributed by atoms with Gasteiger partial charge in [-0.05, 0) is 23.4 Å². The molecule has 0 unspecified atom stereocenters. The number of hydrogen-bond acceptors (Lipinski definition) is 4. The van der Waals surface area contributed by atoms with Crippen LogP contribution in [0.4, 0.5) is 0 Å². The van der Waals surface area contributed by atoms with E-state index in [1.54, 1.807) is 24.3 Å². The van der Waals surface area contributed by atoms with Crippen LogP contribution in [0.25, 0.3) is 0 Å². The van der Waals surface area contributed by atoms with E-state index in [1.165, 1.54) is 13.2 Å². The van der Waals surface area contributed by atoms with E-state index in [-0.39, 0.29) is 26.7 Å². The summed E-state index contributed by atoms with van der Waals surface area (Å²) in [6.07, 6.45) is 0. The minimum Gasteiger partial charge on any atom is -0.495 e. The maximum absolute atomic E-state index is 13.1. The van der Waals surface area contributed by atoms with Crippen LogP contribution in [0.2, 0.25) is 19.6 Å². The number of benzene rings is 2. The average molecular weight is 346 g/mol. The first-order valence-corrected chi connectivity index (χ1v) is 12.3. The summed E-state index contributed by atoms with van der Waals surface area (Å²) in [7, 11) is -4.16. The molecule has 4 nitrogen and oxygen atoms in total. The van der Waals surface area contributed by atoms with Crippen LogP contribution in [0, 0.1) is 0 Å². The second kappa shape index (κ2) is 5.04. The quantitative estimate of drug-likeness (QED) is 0.669. The zero-order valence-electron chi connectivity index (χ0n) is 13.5. The number of ether oxygens (including phenoxy) is 1. The molecule has 0 N–H and O–H groups in total. The molecule has 6 heteroatoms. The number of sulfone groups is 1. The van der Waals surface area contributed by atoms with Gasteiger partial charge in [-0.1, -0.05) is 37.8 Å². The molecule has 0 saturated heterocycles. The van der Waals surface area contributed by atoms with Crippen molar-refractivity contribution in [1.29, 1.82) is 0 Å². The topological polar surface area (TPSA) is 60.4 Å². The lowest BCUT2D eigenvalue weighted by Gasteiger charge is -2.26. The number of carbonyl (C=O) groups excluding carboxylic acids is 1. The van der Waals surface area contributed by atoms with E-state index in [0.717, 1.165) is 5.19 Å². The molecule has 0 radical (unpaired) electrons. The van der Waals surface area contributed by atoms with E-state index >= 15 is 0 Å². The molecule has 0 aliphatic carbocycles. The molecule has 1 aliphatic rings. The maximum Gasteiger partial charge on any atom is 0.211 e. The summed E-state index contributed by atoms with van der Waals surface area (Å²) >= 11 is 0. The molecule has 2 aromatic carbocycles. The summed E-state index contributed by atoms with van der Waals surface area (Å²) < 4.78 is 31.6. The Morgan fingerprint density at radius 3 is 2.22 bits per heavy atom. The fraction of sp³-hybridized carbons (Fsp3) is 0.235. The average Bonchev–Trinajstić information content (AvgIpc) is 2.50. The molecule has 0 fully saturated rings. The van der Waals surface area contributed by atoms with Crippen molar-refractivity contribution in [2.75, 3.05) is 7.11 Å². The molecule has 120 valence electrons. The standard InChI is InChI=1S/C17H18O4SSi/c1-21-16-14(23(2,3)4)10-9-12-15(18)11-7-5-6-8-13(11)22(19,20)17(12)16/h5-10H,1-4H3. The first-order chi connectivity index (χ1) is 10.7. The Labute approximate surface area is 137 Å². The molecule has 0 spiro atoms. The van der Waals surface area contributed by atoms with E-state index in [0.29, 0.717) is 5.75 Å². The summed E-state index contributed by atoms with van der Waals surface area (Å²) in [5.74, 6) is 0.0513. The van der Waals surface area contributed by atoms with Crippen molar-refractivity contribution >= 4 is 28.9 Å². The van der Waals surface area contributed by atoms with Gasteiger partial charge in [0.25, 0.3) is 0 Å². The molecule has 2 aromatic rings. The molecule has 1 heterocycles. The van der Waals surface area contributed by atoms with E-state index < -0.39 is 17.9 Å². The van der Waals surface area contributed by atoms with Crippen LogP contribution < -0.4 is 9.92 Å². The fourth-order valence-corrected chi connectivity index (χ4v) is 6.34. The van der Waals surface area contributed by atoms with Crippen LogP contribution in [0.15, 0.2) is 46.2 Å². The summed E-state index contributed by atoms with van der Waals surface area (Å²) in [6.45, 7) is 6.34. The van der Waals surface area contributed by atoms with Gasteiger partial charge in [0.1, 0.15) is 10.6 Å². The zero-order chi connectivity index (χ0) is 17.0. The second-order valence-electron chi connectivity index (χ2n) is 6.60. The van der Waals surface area contributed by atoms with E-state index in [1.807, 2.05) is 6.07 Å². The minimum absolute atomic E-state index is 0.0172. The Hall–Kier alpha value is -1.92. The molecule has 0 amide bonds. The van der Waals surface area contributed by atoms with Crippen molar-refractivity contribution in [3.63, 3.8) is 0 Å². The van der Waals surface area contributed by atoms with Crippen molar-refractivity contribution in [3.05, 3.63) is 47.5 Å². The number of rotatable bonds is 2. The lowest BCUT2D eigenvalue weighted by atomic mass is 10.0. The van der Waals surface area contributed by atoms with Crippen molar-refractivity contribution in [2.24, 2.45) is 0 Å². The smallest absolute Gasteiger partial charge is 0.211 e. The Bertz CT molecular complexity index is 924. The predicted molar refractivity (Wildman–Crippen MR) is 91.3 cm³/mol. The Balaban J connectivity index is 2.45. The normalized spacial score (nSPS) is 15.7. The summed E-state index contributed by atoms with van der Waals surface area (Å²) in [5.41, 5.74) is 0.422. The molecule has 0 atom stereocenters. The van der Waals surface area contributed by atoms with Crippen molar-refractivity contribution in [3.8, 4) is 5.75 Å². The Morgan fingerprint density at radius 2 is 1.61 bits per heavy atom. The third-order valence-electron chi connectivity index (χ3n) is 4.06. The molecular formula is C17H18O4SSi. The van der Waals surface area contributed by atoms with Gasteiger partial charge in [-0.3, -0.25) is 4.79 Å². The van der Waals surface area contributed by atoms with Gasteiger partial charge in [0.15, 0.2) is 5.78 Å². The van der Waals surface area contributed by atoms with Crippen LogP contribution in [0.5, 0.6) is 5.75 Å². The zero-order valence-corrected chi connectivity index (χ0v) is 15.3. The fourth-order valence-electron chi connectivity index (χ4n) is 2.95. The molecule has 0 bridgehead atoms. The highest BCUT2D eigenvalue weighted by Gasteiger charge is 2.39. The molecule has 1 aliphatic heterocycles. The lowest BCUT2D eigenvalue weighted by Crippen LogP contribution is -2.40. The number of carbonyl (C=O) groups is 1. The van der Waals surface area contributed by atoms with Gasteiger partial charge in [0, 0.05) is 11.1 Å². The Kier molecular flexibility index (Phi) is 3.50. The van der Waals surface area contributed by atoms with Crippen LogP contribution in [-0.4, -0.2) is 29.4 Å². The van der Waals surface area contributed by atoms with Crippen LogP contribution >= 0.6 is 0 Å². The molecule has 0 saturated carbocycles. The van der Waals surface area contributed by atoms with E-state index in [2.05, 4.69) is 19.6 Å². The summed E-state index contributed by atoms with van der Waals surface area (Å²) in [6, 6.07) is 9.80. The van der Waals surface area contributed by atoms with Gasteiger partial charge < -0.3 is 4.74 Å². The second-order valence-corrected chi connectivity index (χ2v) is 13.5. The van der Waals surface area contributed by atoms with Gasteiger partial charge in [0.2, 0.25) is 9.84 Å². The van der Waals surface area contributed by atoms with Crippen molar-refractivity contribution in [1.82, 2.24) is 0 Å². The third kappa shape index (κ3) is 2.24. The van der Waals surface area contributed by atoms with E-state index in [4.69, 9.17) is 4.74 Å². The van der Waals surface area contributed by atoms with E-state index in [9.17, 15) is 13.2 Å². The third-order valence-corrected chi connectivity index (χ3v) is 7.95. The summed E-state index contributed by atoms with van der Waals surface area (Å²) in [5, 5.41) is 0.898. The molecular weight excluding hydrogens is 328 g/mol. The van der Waals surface area contributed by atoms with Gasteiger partial charge in [-0.25, -0.2) is 8.42 Å². The van der Waals surface area contributed by atoms with Gasteiger partial charge in [-0.15, -0.1) is 0 Å². The minimum atomic E-state index is -3.78. The van der Waals surface area contributed by atoms with Gasteiger partial charge in [-0.2, -0.15) is 0 Å². The number of fused-ring (bicyclic) bond motifs is 2. The first kappa shape index (κ1) is 16.0. The van der Waals surface area contributed by atoms with Gasteiger partial charge in [0.05, 0.1) is 20.1 Å². The van der Waals surface area contributed by atoms with Gasteiger partial charge >= 0.3 is 0 Å². The number of hydrogen-bond donors (Lipinski definition) is 0. The molecule has 0 aromatic heterocycles. The van der Waals surface area contributed by atoms with Crippen LogP contribution in [-0.2, 0) is 9.84 Å². The number of methoxy groups -OCH3 is 1.